The van der Waals surface area contributed by atoms with Crippen molar-refractivity contribution in [3.63, 3.8) is 0 Å². The van der Waals surface area contributed by atoms with Gasteiger partial charge in [-0.05, 0) is 25.0 Å². The van der Waals surface area contributed by atoms with E-state index < -0.39 is 18.0 Å². The first-order valence-corrected chi connectivity index (χ1v) is 10.9. The molecule has 3 heterocycles. The number of nitrogens with one attached hydrogen (secondary N) is 1. The van der Waals surface area contributed by atoms with Crippen LogP contribution < -0.4 is 5.32 Å². The van der Waals surface area contributed by atoms with E-state index in [9.17, 15) is 22.8 Å². The van der Waals surface area contributed by atoms with E-state index in [2.05, 4.69) is 25.0 Å². The molecule has 1 saturated heterocycles. The van der Waals surface area contributed by atoms with Crippen LogP contribution in [-0.2, 0) is 15.7 Å². The number of carbonyl (C=O) groups is 2. The lowest BCUT2D eigenvalue weighted by Gasteiger charge is -2.38. The Morgan fingerprint density at radius 2 is 1.97 bits per heavy atom. The van der Waals surface area contributed by atoms with E-state index in [0.717, 1.165) is 32.1 Å². The van der Waals surface area contributed by atoms with Crippen molar-refractivity contribution in [2.75, 3.05) is 26.3 Å². The van der Waals surface area contributed by atoms with Gasteiger partial charge in [-0.15, -0.1) is 0 Å². The summed E-state index contributed by atoms with van der Waals surface area (Å²) in [5.74, 6) is -2.05. The third-order valence-corrected chi connectivity index (χ3v) is 5.89. The molecule has 0 radical (unpaired) electrons. The number of pyridine rings is 1. The molecule has 1 atom stereocenters. The molecule has 0 bridgehead atoms. The van der Waals surface area contributed by atoms with E-state index in [1.165, 1.54) is 18.3 Å². The third-order valence-electron chi connectivity index (χ3n) is 5.89. The summed E-state index contributed by atoms with van der Waals surface area (Å²) in [6, 6.07) is 2.48. The first-order valence-electron chi connectivity index (χ1n) is 10.9. The van der Waals surface area contributed by atoms with Crippen molar-refractivity contribution >= 4 is 11.8 Å². The van der Waals surface area contributed by atoms with Crippen LogP contribution in [0.5, 0.6) is 0 Å². The highest BCUT2D eigenvalue weighted by Gasteiger charge is 2.38. The van der Waals surface area contributed by atoms with Crippen LogP contribution in [0.2, 0.25) is 0 Å². The van der Waals surface area contributed by atoms with Crippen LogP contribution in [0.25, 0.3) is 11.4 Å². The molecule has 0 spiro atoms. The zero-order chi connectivity index (χ0) is 23.4. The number of amides is 2. The maximum atomic E-state index is 13.0. The first kappa shape index (κ1) is 23.1. The average Bonchev–Trinajstić information content (AvgIpc) is 3.34. The van der Waals surface area contributed by atoms with Gasteiger partial charge in [-0.25, -0.2) is 0 Å². The summed E-state index contributed by atoms with van der Waals surface area (Å²) in [5.41, 5.74) is 0.246. The van der Waals surface area contributed by atoms with Crippen molar-refractivity contribution < 1.29 is 32.0 Å². The minimum Gasteiger partial charge on any atom is -0.377 e. The molecule has 4 rings (SSSR count). The molecule has 1 N–H and O–H groups in total. The van der Waals surface area contributed by atoms with E-state index in [4.69, 9.17) is 4.74 Å². The molecule has 2 aromatic heterocycles. The number of hydrogen-bond acceptors (Lipinski definition) is 7. The monoisotopic (exact) mass is 467 g/mol. The van der Waals surface area contributed by atoms with Gasteiger partial charge in [-0.2, -0.15) is 18.2 Å². The van der Waals surface area contributed by atoms with Gasteiger partial charge >= 0.3 is 12.1 Å². The van der Waals surface area contributed by atoms with Crippen molar-refractivity contribution in [2.24, 2.45) is 5.92 Å². The highest BCUT2D eigenvalue weighted by atomic mass is 19.4. The summed E-state index contributed by atoms with van der Waals surface area (Å²) >= 11 is 0. The summed E-state index contributed by atoms with van der Waals surface area (Å²) in [6.07, 6.45) is 1.54. The SMILES string of the molecule is O=C(NC[C@H]1COCCN1C(=O)C1CCCCC1)c1ccc(-c2noc(C(F)(F)F)n2)cn1. The summed E-state index contributed by atoms with van der Waals surface area (Å²) < 4.78 is 47.5. The third kappa shape index (κ3) is 5.49. The molecule has 1 aliphatic carbocycles. The summed E-state index contributed by atoms with van der Waals surface area (Å²) in [6.45, 7) is 1.51. The Hall–Kier alpha value is -3.02. The van der Waals surface area contributed by atoms with Crippen molar-refractivity contribution in [3.05, 3.63) is 29.9 Å². The summed E-state index contributed by atoms with van der Waals surface area (Å²) in [4.78, 5) is 34.6. The Kier molecular flexibility index (Phi) is 6.91. The Balaban J connectivity index is 1.35. The van der Waals surface area contributed by atoms with Crippen LogP contribution in [0.4, 0.5) is 13.2 Å². The zero-order valence-corrected chi connectivity index (χ0v) is 17.8. The van der Waals surface area contributed by atoms with Crippen LogP contribution >= 0.6 is 0 Å². The van der Waals surface area contributed by atoms with Gasteiger partial charge in [-0.3, -0.25) is 14.6 Å². The number of hydrogen-bond donors (Lipinski definition) is 1. The molecule has 0 unspecified atom stereocenters. The van der Waals surface area contributed by atoms with Gasteiger partial charge in [0.05, 0.1) is 19.3 Å². The molecule has 9 nitrogen and oxygen atoms in total. The molecule has 2 fully saturated rings. The van der Waals surface area contributed by atoms with E-state index >= 15 is 0 Å². The fraction of sp³-hybridized carbons (Fsp3) is 0.571. The quantitative estimate of drug-likeness (QED) is 0.720. The minimum atomic E-state index is -4.74. The molecule has 1 aliphatic heterocycles. The molecule has 2 aliphatic rings. The number of nitrogens with zero attached hydrogens (tertiary/aromatic N) is 4. The zero-order valence-electron chi connectivity index (χ0n) is 17.8. The number of aromatic nitrogens is 3. The maximum absolute atomic E-state index is 13.0. The molecule has 2 amide bonds. The van der Waals surface area contributed by atoms with Crippen molar-refractivity contribution in [3.8, 4) is 11.4 Å². The van der Waals surface area contributed by atoms with Crippen LogP contribution in [0.1, 0.15) is 48.5 Å². The predicted octanol–water partition coefficient (Wildman–Crippen LogP) is 2.69. The van der Waals surface area contributed by atoms with Crippen molar-refractivity contribution in [1.82, 2.24) is 25.3 Å². The lowest BCUT2D eigenvalue weighted by atomic mass is 9.88. The second kappa shape index (κ2) is 9.86. The minimum absolute atomic E-state index is 0.0345. The van der Waals surface area contributed by atoms with Gasteiger partial charge in [0.25, 0.3) is 5.91 Å². The molecular weight excluding hydrogens is 443 g/mol. The fourth-order valence-corrected chi connectivity index (χ4v) is 4.12. The predicted molar refractivity (Wildman–Crippen MR) is 108 cm³/mol. The first-order chi connectivity index (χ1) is 15.8. The van der Waals surface area contributed by atoms with Crippen LogP contribution in [0, 0.1) is 5.92 Å². The largest absolute Gasteiger partial charge is 0.471 e. The van der Waals surface area contributed by atoms with Crippen LogP contribution in [-0.4, -0.2) is 64.2 Å². The number of halogens is 3. The average molecular weight is 467 g/mol. The van der Waals surface area contributed by atoms with Crippen molar-refractivity contribution in [1.29, 1.82) is 0 Å². The Morgan fingerprint density at radius 3 is 2.64 bits per heavy atom. The molecule has 2 aromatic rings. The Morgan fingerprint density at radius 1 is 1.18 bits per heavy atom. The topological polar surface area (TPSA) is 110 Å². The molecule has 1 saturated carbocycles. The van der Waals surface area contributed by atoms with Gasteiger partial charge in [0.15, 0.2) is 0 Å². The van der Waals surface area contributed by atoms with E-state index in [-0.39, 0.29) is 41.5 Å². The highest BCUT2D eigenvalue weighted by molar-refractivity contribution is 5.92. The van der Waals surface area contributed by atoms with Gasteiger partial charge in [0, 0.05) is 30.8 Å². The smallest absolute Gasteiger partial charge is 0.377 e. The lowest BCUT2D eigenvalue weighted by Crippen LogP contribution is -2.55. The molecular formula is C21H24F3N5O4. The number of morpholine rings is 1. The van der Waals surface area contributed by atoms with Crippen molar-refractivity contribution in [2.45, 2.75) is 44.3 Å². The number of alkyl halides is 3. The van der Waals surface area contributed by atoms with Crippen LogP contribution in [0.15, 0.2) is 22.9 Å². The second-order valence-corrected chi connectivity index (χ2v) is 8.16. The Labute approximate surface area is 187 Å². The molecule has 12 heteroatoms. The van der Waals surface area contributed by atoms with Gasteiger partial charge in [0.1, 0.15) is 5.69 Å². The van der Waals surface area contributed by atoms with Gasteiger partial charge in [-0.1, -0.05) is 24.4 Å². The fourth-order valence-electron chi connectivity index (χ4n) is 4.12. The second-order valence-electron chi connectivity index (χ2n) is 8.16. The maximum Gasteiger partial charge on any atom is 0.471 e. The Bertz CT molecular complexity index is 973. The molecule has 0 aromatic carbocycles. The highest BCUT2D eigenvalue weighted by Crippen LogP contribution is 2.29. The van der Waals surface area contributed by atoms with Gasteiger partial charge in [0.2, 0.25) is 11.7 Å². The van der Waals surface area contributed by atoms with E-state index in [1.807, 2.05) is 4.90 Å². The molecule has 178 valence electrons. The summed E-state index contributed by atoms with van der Waals surface area (Å²) in [7, 11) is 0. The molecule has 33 heavy (non-hydrogen) atoms. The normalized spacial score (nSPS) is 20.0. The van der Waals surface area contributed by atoms with E-state index in [0.29, 0.717) is 19.8 Å². The number of ether oxygens (including phenoxy) is 1. The number of carbonyl (C=O) groups excluding carboxylic acids is 2. The number of rotatable bonds is 5. The summed E-state index contributed by atoms with van der Waals surface area (Å²) in [5, 5.41) is 6.06. The van der Waals surface area contributed by atoms with Crippen LogP contribution in [0.3, 0.4) is 0 Å². The van der Waals surface area contributed by atoms with E-state index in [1.54, 1.807) is 0 Å². The van der Waals surface area contributed by atoms with Gasteiger partial charge < -0.3 is 19.5 Å². The standard InChI is InChI=1S/C21H24F3N5O4/c22-21(23,24)20-27-17(28-33-20)14-6-7-16(25-10-14)18(30)26-11-15-12-32-9-8-29(15)19(31)13-4-2-1-3-5-13/h6-7,10,13,15H,1-5,8-9,11-12H2,(H,26,30)/t15-/m0/s1. The lowest BCUT2D eigenvalue weighted by molar-refractivity contribution is -0.159.